The molecule has 0 saturated heterocycles. The first-order chi connectivity index (χ1) is 12.1. The maximum Gasteiger partial charge on any atom is 0.181 e. The SMILES string of the molecule is CCOc1cc([C@@H](N)c2nc(-c3cccc(C)c3)n[nH]2)ccc1OC. The van der Waals surface area contributed by atoms with Crippen molar-refractivity contribution >= 4 is 0 Å². The van der Waals surface area contributed by atoms with Crippen LogP contribution in [0.2, 0.25) is 0 Å². The molecular weight excluding hydrogens is 316 g/mol. The van der Waals surface area contributed by atoms with Crippen molar-refractivity contribution in [2.75, 3.05) is 13.7 Å². The maximum absolute atomic E-state index is 6.36. The largest absolute Gasteiger partial charge is 0.493 e. The summed E-state index contributed by atoms with van der Waals surface area (Å²) in [6, 6.07) is 13.2. The molecule has 0 radical (unpaired) electrons. The number of aromatic amines is 1. The van der Waals surface area contributed by atoms with Crippen molar-refractivity contribution in [3.63, 3.8) is 0 Å². The highest BCUT2D eigenvalue weighted by Gasteiger charge is 2.17. The molecule has 130 valence electrons. The average molecular weight is 338 g/mol. The van der Waals surface area contributed by atoms with Crippen molar-refractivity contribution < 1.29 is 9.47 Å². The summed E-state index contributed by atoms with van der Waals surface area (Å²) in [4.78, 5) is 4.55. The molecule has 0 amide bonds. The first-order valence-electron chi connectivity index (χ1n) is 8.18. The lowest BCUT2D eigenvalue weighted by molar-refractivity contribution is 0.310. The molecule has 6 heteroatoms. The summed E-state index contributed by atoms with van der Waals surface area (Å²) in [5.41, 5.74) is 9.35. The van der Waals surface area contributed by atoms with Crippen molar-refractivity contribution in [2.45, 2.75) is 19.9 Å². The summed E-state index contributed by atoms with van der Waals surface area (Å²) in [5, 5.41) is 7.24. The van der Waals surface area contributed by atoms with Gasteiger partial charge in [-0.05, 0) is 37.6 Å². The monoisotopic (exact) mass is 338 g/mol. The minimum absolute atomic E-state index is 0.434. The van der Waals surface area contributed by atoms with E-state index in [-0.39, 0.29) is 0 Å². The molecule has 0 bridgehead atoms. The van der Waals surface area contributed by atoms with Crippen LogP contribution in [0, 0.1) is 6.92 Å². The first-order valence-corrected chi connectivity index (χ1v) is 8.18. The quantitative estimate of drug-likeness (QED) is 0.720. The van der Waals surface area contributed by atoms with Crippen molar-refractivity contribution in [1.29, 1.82) is 0 Å². The van der Waals surface area contributed by atoms with Crippen LogP contribution in [0.4, 0.5) is 0 Å². The van der Waals surface area contributed by atoms with Gasteiger partial charge in [0.15, 0.2) is 17.3 Å². The molecule has 0 aliphatic heterocycles. The molecule has 0 spiro atoms. The number of nitrogens with zero attached hydrogens (tertiary/aromatic N) is 2. The Morgan fingerprint density at radius 2 is 2.00 bits per heavy atom. The van der Waals surface area contributed by atoms with Crippen molar-refractivity contribution in [1.82, 2.24) is 15.2 Å². The van der Waals surface area contributed by atoms with E-state index in [9.17, 15) is 0 Å². The molecule has 6 nitrogen and oxygen atoms in total. The number of rotatable bonds is 6. The van der Waals surface area contributed by atoms with E-state index in [1.807, 2.05) is 56.3 Å². The summed E-state index contributed by atoms with van der Waals surface area (Å²) in [6.45, 7) is 4.51. The van der Waals surface area contributed by atoms with E-state index in [0.717, 1.165) is 16.7 Å². The van der Waals surface area contributed by atoms with Crippen molar-refractivity contribution in [3.05, 3.63) is 59.4 Å². The lowest BCUT2D eigenvalue weighted by Gasteiger charge is -2.14. The predicted octanol–water partition coefficient (Wildman–Crippen LogP) is 3.24. The van der Waals surface area contributed by atoms with Gasteiger partial charge in [0.1, 0.15) is 5.82 Å². The lowest BCUT2D eigenvalue weighted by Crippen LogP contribution is -2.14. The number of nitrogens with one attached hydrogen (secondary N) is 1. The van der Waals surface area contributed by atoms with Crippen LogP contribution in [0.1, 0.15) is 29.9 Å². The molecule has 25 heavy (non-hydrogen) atoms. The Hall–Kier alpha value is -2.86. The van der Waals surface area contributed by atoms with Gasteiger partial charge >= 0.3 is 0 Å². The number of hydrogen-bond donors (Lipinski definition) is 2. The zero-order valence-corrected chi connectivity index (χ0v) is 14.6. The number of H-pyrrole nitrogens is 1. The predicted molar refractivity (Wildman–Crippen MR) is 96.7 cm³/mol. The van der Waals surface area contributed by atoms with E-state index >= 15 is 0 Å². The smallest absolute Gasteiger partial charge is 0.181 e. The number of hydrogen-bond acceptors (Lipinski definition) is 5. The molecule has 0 aliphatic carbocycles. The van der Waals surface area contributed by atoms with E-state index in [2.05, 4.69) is 15.2 Å². The van der Waals surface area contributed by atoms with Gasteiger partial charge in [-0.25, -0.2) is 4.98 Å². The second-order valence-corrected chi connectivity index (χ2v) is 5.73. The molecular formula is C19H22N4O2. The maximum atomic E-state index is 6.36. The van der Waals surface area contributed by atoms with Gasteiger partial charge in [0.2, 0.25) is 0 Å². The van der Waals surface area contributed by atoms with Gasteiger partial charge in [-0.15, -0.1) is 0 Å². The van der Waals surface area contributed by atoms with Crippen LogP contribution < -0.4 is 15.2 Å². The van der Waals surface area contributed by atoms with Gasteiger partial charge in [-0.1, -0.05) is 29.8 Å². The number of aryl methyl sites for hydroxylation is 1. The zero-order chi connectivity index (χ0) is 17.8. The number of aromatic nitrogens is 3. The minimum Gasteiger partial charge on any atom is -0.493 e. The third kappa shape index (κ3) is 3.64. The molecule has 1 atom stereocenters. The zero-order valence-electron chi connectivity index (χ0n) is 14.6. The molecule has 0 unspecified atom stereocenters. The molecule has 0 fully saturated rings. The molecule has 3 rings (SSSR count). The van der Waals surface area contributed by atoms with Crippen LogP contribution in [-0.2, 0) is 0 Å². The Kier molecular flexibility index (Phi) is 5.00. The van der Waals surface area contributed by atoms with Gasteiger partial charge < -0.3 is 15.2 Å². The van der Waals surface area contributed by atoms with Crippen LogP contribution in [0.25, 0.3) is 11.4 Å². The first kappa shape index (κ1) is 17.0. The van der Waals surface area contributed by atoms with Gasteiger partial charge in [0.05, 0.1) is 19.8 Å². The molecule has 1 aromatic heterocycles. The van der Waals surface area contributed by atoms with Crippen LogP contribution >= 0.6 is 0 Å². The third-order valence-electron chi connectivity index (χ3n) is 3.92. The average Bonchev–Trinajstić information content (AvgIpc) is 3.11. The Labute approximate surface area is 147 Å². The van der Waals surface area contributed by atoms with Gasteiger partial charge in [-0.3, -0.25) is 5.10 Å². The highest BCUT2D eigenvalue weighted by molar-refractivity contribution is 5.55. The minimum atomic E-state index is -0.434. The standard InChI is InChI=1S/C19H22N4O2/c1-4-25-16-11-13(8-9-15(16)24-3)17(20)19-21-18(22-23-19)14-7-5-6-12(2)10-14/h5-11,17H,4,20H2,1-3H3,(H,21,22,23)/t17-/m1/s1. The number of ether oxygens (including phenoxy) is 2. The molecule has 0 aliphatic rings. The Morgan fingerprint density at radius 1 is 1.16 bits per heavy atom. The topological polar surface area (TPSA) is 86.0 Å². The van der Waals surface area contributed by atoms with Gasteiger partial charge in [0.25, 0.3) is 0 Å². The molecule has 2 aromatic carbocycles. The van der Waals surface area contributed by atoms with Crippen LogP contribution in [0.15, 0.2) is 42.5 Å². The highest BCUT2D eigenvalue weighted by atomic mass is 16.5. The fourth-order valence-corrected chi connectivity index (χ4v) is 2.64. The Balaban J connectivity index is 1.89. The van der Waals surface area contributed by atoms with E-state index < -0.39 is 6.04 Å². The van der Waals surface area contributed by atoms with Crippen LogP contribution in [0.5, 0.6) is 11.5 Å². The summed E-state index contributed by atoms with van der Waals surface area (Å²) in [6.07, 6.45) is 0. The van der Waals surface area contributed by atoms with Crippen LogP contribution in [0.3, 0.4) is 0 Å². The fourth-order valence-electron chi connectivity index (χ4n) is 2.64. The van der Waals surface area contributed by atoms with E-state index in [4.69, 9.17) is 15.2 Å². The van der Waals surface area contributed by atoms with E-state index in [1.54, 1.807) is 7.11 Å². The van der Waals surface area contributed by atoms with Gasteiger partial charge in [0, 0.05) is 5.56 Å². The Bertz CT molecular complexity index is 860. The number of methoxy groups -OCH3 is 1. The number of benzene rings is 2. The molecule has 1 heterocycles. The van der Waals surface area contributed by atoms with Gasteiger partial charge in [-0.2, -0.15) is 5.10 Å². The second kappa shape index (κ2) is 7.36. The summed E-state index contributed by atoms with van der Waals surface area (Å²) < 4.78 is 10.9. The number of nitrogens with two attached hydrogens (primary N) is 1. The van der Waals surface area contributed by atoms with Crippen molar-refractivity contribution in [2.24, 2.45) is 5.73 Å². The van der Waals surface area contributed by atoms with E-state index in [1.165, 1.54) is 0 Å². The van der Waals surface area contributed by atoms with E-state index in [0.29, 0.717) is 29.8 Å². The summed E-state index contributed by atoms with van der Waals surface area (Å²) in [5.74, 6) is 2.57. The normalized spacial score (nSPS) is 12.0. The second-order valence-electron chi connectivity index (χ2n) is 5.73. The highest BCUT2D eigenvalue weighted by Crippen LogP contribution is 2.31. The van der Waals surface area contributed by atoms with Crippen LogP contribution in [-0.4, -0.2) is 28.9 Å². The summed E-state index contributed by atoms with van der Waals surface area (Å²) >= 11 is 0. The van der Waals surface area contributed by atoms with Crippen molar-refractivity contribution in [3.8, 4) is 22.9 Å². The molecule has 3 aromatic rings. The molecule has 3 N–H and O–H groups in total. The fraction of sp³-hybridized carbons (Fsp3) is 0.263. The lowest BCUT2D eigenvalue weighted by atomic mass is 10.1. The third-order valence-corrected chi connectivity index (χ3v) is 3.92. The Morgan fingerprint density at radius 3 is 2.72 bits per heavy atom. The summed E-state index contributed by atoms with van der Waals surface area (Å²) in [7, 11) is 1.61. The molecule has 0 saturated carbocycles.